The number of piperidine rings is 1. The molecule has 0 radical (unpaired) electrons. The minimum Gasteiger partial charge on any atom is -0.342 e. The topological polar surface area (TPSA) is 66.5 Å². The number of rotatable bonds is 5. The first-order valence-corrected chi connectivity index (χ1v) is 12.1. The Morgan fingerprint density at radius 1 is 1.04 bits per heavy atom. The van der Waals surface area contributed by atoms with Gasteiger partial charge in [-0.05, 0) is 68.9 Å². The monoisotopic (exact) mass is 406 g/mol. The van der Waals surface area contributed by atoms with E-state index in [1.165, 1.54) is 6.42 Å². The molecule has 1 aliphatic carbocycles. The summed E-state index contributed by atoms with van der Waals surface area (Å²) in [5.74, 6) is 1.91. The van der Waals surface area contributed by atoms with E-state index in [2.05, 4.69) is 23.5 Å². The van der Waals surface area contributed by atoms with Crippen molar-refractivity contribution < 1.29 is 13.2 Å². The lowest BCUT2D eigenvalue weighted by Crippen LogP contribution is -2.46. The van der Waals surface area contributed by atoms with Crippen LogP contribution in [-0.4, -0.2) is 38.9 Å². The number of sulfonamides is 1. The highest BCUT2D eigenvalue weighted by molar-refractivity contribution is 7.89. The number of hydrogen-bond acceptors (Lipinski definition) is 3. The molecule has 28 heavy (non-hydrogen) atoms. The van der Waals surface area contributed by atoms with Crippen LogP contribution in [0.25, 0.3) is 0 Å². The Labute approximate surface area is 169 Å². The van der Waals surface area contributed by atoms with E-state index in [9.17, 15) is 13.2 Å². The molecular formula is C22H34N2O3S. The van der Waals surface area contributed by atoms with Gasteiger partial charge in [0.05, 0.1) is 4.90 Å². The van der Waals surface area contributed by atoms with Crippen LogP contribution in [0.2, 0.25) is 0 Å². The minimum absolute atomic E-state index is 0.113. The zero-order valence-corrected chi connectivity index (χ0v) is 18.2. The first-order valence-electron chi connectivity index (χ1n) is 10.6. The van der Waals surface area contributed by atoms with E-state index in [-0.39, 0.29) is 5.92 Å². The lowest BCUT2D eigenvalue weighted by Gasteiger charge is -2.38. The summed E-state index contributed by atoms with van der Waals surface area (Å²) in [4.78, 5) is 15.3. The van der Waals surface area contributed by atoms with E-state index < -0.39 is 10.0 Å². The fourth-order valence-electron chi connectivity index (χ4n) is 4.74. The molecule has 0 bridgehead atoms. The number of carbonyl (C=O) groups is 1. The average molecular weight is 407 g/mol. The molecule has 5 nitrogen and oxygen atoms in total. The standard InChI is InChI=1S/C22H34N2O3S/c1-16-4-10-21(11-5-16)28(26,27)23-13-19-6-8-20(9-7-19)22(25)24-14-17(2)12-18(3)15-24/h4-5,10-11,17-20,23H,6-9,12-15H2,1-3H3/t17-,18+,19?,20?. The number of benzene rings is 1. The van der Waals surface area contributed by atoms with Gasteiger partial charge in [-0.3, -0.25) is 4.79 Å². The summed E-state index contributed by atoms with van der Waals surface area (Å²) in [7, 11) is -3.46. The van der Waals surface area contributed by atoms with Gasteiger partial charge in [-0.15, -0.1) is 0 Å². The fourth-order valence-corrected chi connectivity index (χ4v) is 5.86. The predicted molar refractivity (Wildman–Crippen MR) is 111 cm³/mol. The molecule has 0 aromatic heterocycles. The van der Waals surface area contributed by atoms with Crippen molar-refractivity contribution in [1.82, 2.24) is 9.62 Å². The third-order valence-corrected chi connectivity index (χ3v) is 7.71. The van der Waals surface area contributed by atoms with Crippen molar-refractivity contribution in [2.75, 3.05) is 19.6 Å². The second-order valence-corrected chi connectivity index (χ2v) is 10.8. The number of amides is 1. The molecule has 1 aromatic rings. The maximum atomic E-state index is 12.9. The second kappa shape index (κ2) is 8.95. The summed E-state index contributed by atoms with van der Waals surface area (Å²) >= 11 is 0. The summed E-state index contributed by atoms with van der Waals surface area (Å²) in [6.07, 6.45) is 4.76. The highest BCUT2D eigenvalue weighted by atomic mass is 32.2. The van der Waals surface area contributed by atoms with Crippen LogP contribution < -0.4 is 4.72 Å². The molecule has 1 aliphatic heterocycles. The average Bonchev–Trinajstić information content (AvgIpc) is 2.66. The van der Waals surface area contributed by atoms with Gasteiger partial charge in [0.1, 0.15) is 0 Å². The van der Waals surface area contributed by atoms with Gasteiger partial charge in [0.25, 0.3) is 0 Å². The Bertz CT molecular complexity index is 757. The van der Waals surface area contributed by atoms with Crippen molar-refractivity contribution in [1.29, 1.82) is 0 Å². The van der Waals surface area contributed by atoms with E-state index in [4.69, 9.17) is 0 Å². The third-order valence-electron chi connectivity index (χ3n) is 6.27. The van der Waals surface area contributed by atoms with E-state index in [1.807, 2.05) is 19.1 Å². The number of aryl methyl sites for hydroxylation is 1. The van der Waals surface area contributed by atoms with Crippen molar-refractivity contribution >= 4 is 15.9 Å². The van der Waals surface area contributed by atoms with Gasteiger partial charge in [-0.1, -0.05) is 31.5 Å². The molecular weight excluding hydrogens is 372 g/mol. The number of carbonyl (C=O) groups excluding carboxylic acids is 1. The molecule has 0 unspecified atom stereocenters. The number of nitrogens with zero attached hydrogens (tertiary/aromatic N) is 1. The zero-order chi connectivity index (χ0) is 20.3. The quantitative estimate of drug-likeness (QED) is 0.813. The van der Waals surface area contributed by atoms with E-state index in [0.29, 0.717) is 35.1 Å². The normalized spacial score (nSPS) is 28.9. The van der Waals surface area contributed by atoms with Crippen LogP contribution in [0.1, 0.15) is 51.5 Å². The van der Waals surface area contributed by atoms with Crippen LogP contribution in [0.3, 0.4) is 0 Å². The molecule has 156 valence electrons. The van der Waals surface area contributed by atoms with Crippen molar-refractivity contribution in [2.45, 2.75) is 57.8 Å². The lowest BCUT2D eigenvalue weighted by molar-refractivity contribution is -0.139. The van der Waals surface area contributed by atoms with Crippen LogP contribution in [0.15, 0.2) is 29.2 Å². The highest BCUT2D eigenvalue weighted by Crippen LogP contribution is 2.32. The van der Waals surface area contributed by atoms with Crippen LogP contribution >= 0.6 is 0 Å². The first-order chi connectivity index (χ1) is 13.2. The molecule has 1 heterocycles. The molecule has 1 aromatic carbocycles. The largest absolute Gasteiger partial charge is 0.342 e. The summed E-state index contributed by atoms with van der Waals surface area (Å²) < 4.78 is 27.7. The summed E-state index contributed by atoms with van der Waals surface area (Å²) in [5.41, 5.74) is 1.04. The fraction of sp³-hybridized carbons (Fsp3) is 0.682. The second-order valence-electron chi connectivity index (χ2n) is 9.07. The molecule has 2 aliphatic rings. The molecule has 1 N–H and O–H groups in total. The molecule has 1 amide bonds. The summed E-state index contributed by atoms with van der Waals surface area (Å²) in [6.45, 7) is 8.63. The van der Waals surface area contributed by atoms with E-state index >= 15 is 0 Å². The highest BCUT2D eigenvalue weighted by Gasteiger charge is 2.33. The third kappa shape index (κ3) is 5.35. The summed E-state index contributed by atoms with van der Waals surface area (Å²) in [6, 6.07) is 6.92. The SMILES string of the molecule is Cc1ccc(S(=O)(=O)NCC2CCC(C(=O)N3C[C@H](C)C[C@H](C)C3)CC2)cc1. The van der Waals surface area contributed by atoms with Gasteiger partial charge in [0.2, 0.25) is 15.9 Å². The van der Waals surface area contributed by atoms with Gasteiger partial charge in [-0.2, -0.15) is 0 Å². The number of hydrogen-bond donors (Lipinski definition) is 1. The van der Waals surface area contributed by atoms with Crippen LogP contribution in [0.5, 0.6) is 0 Å². The maximum absolute atomic E-state index is 12.9. The Morgan fingerprint density at radius 2 is 1.61 bits per heavy atom. The van der Waals surface area contributed by atoms with Crippen LogP contribution in [-0.2, 0) is 14.8 Å². The number of nitrogens with one attached hydrogen (secondary N) is 1. The van der Waals surface area contributed by atoms with Gasteiger partial charge in [0.15, 0.2) is 0 Å². The smallest absolute Gasteiger partial charge is 0.240 e. The maximum Gasteiger partial charge on any atom is 0.240 e. The Kier molecular flexibility index (Phi) is 6.81. The minimum atomic E-state index is -3.46. The Hall–Kier alpha value is -1.40. The molecule has 2 atom stereocenters. The molecule has 1 saturated carbocycles. The van der Waals surface area contributed by atoms with E-state index in [0.717, 1.165) is 44.3 Å². The van der Waals surface area contributed by atoms with Crippen LogP contribution in [0, 0.1) is 30.6 Å². The summed E-state index contributed by atoms with van der Waals surface area (Å²) in [5, 5.41) is 0. The molecule has 6 heteroatoms. The van der Waals surface area contributed by atoms with Crippen molar-refractivity contribution in [3.63, 3.8) is 0 Å². The van der Waals surface area contributed by atoms with E-state index in [1.54, 1.807) is 12.1 Å². The lowest BCUT2D eigenvalue weighted by atomic mass is 9.80. The molecule has 2 fully saturated rings. The number of likely N-dealkylation sites (tertiary alicyclic amines) is 1. The predicted octanol–water partition coefficient (Wildman–Crippen LogP) is 3.58. The van der Waals surface area contributed by atoms with Gasteiger partial charge in [0, 0.05) is 25.6 Å². The van der Waals surface area contributed by atoms with Crippen molar-refractivity contribution in [2.24, 2.45) is 23.7 Å². The molecule has 3 rings (SSSR count). The molecule has 1 saturated heterocycles. The van der Waals surface area contributed by atoms with Crippen molar-refractivity contribution in [3.05, 3.63) is 29.8 Å². The van der Waals surface area contributed by atoms with Crippen molar-refractivity contribution in [3.8, 4) is 0 Å². The Balaban J connectivity index is 1.47. The van der Waals surface area contributed by atoms with Crippen LogP contribution in [0.4, 0.5) is 0 Å². The molecule has 0 spiro atoms. The van der Waals surface area contributed by atoms with Gasteiger partial charge >= 0.3 is 0 Å². The zero-order valence-electron chi connectivity index (χ0n) is 17.4. The first kappa shape index (κ1) is 21.3. The van der Waals surface area contributed by atoms with Gasteiger partial charge < -0.3 is 4.90 Å². The van der Waals surface area contributed by atoms with Gasteiger partial charge in [-0.25, -0.2) is 13.1 Å². The Morgan fingerprint density at radius 3 is 2.18 bits per heavy atom.